The van der Waals surface area contributed by atoms with E-state index in [1.54, 1.807) is 35.1 Å². The van der Waals surface area contributed by atoms with Gasteiger partial charge in [0, 0.05) is 17.3 Å². The largest absolute Gasteiger partial charge is 0.463 e. The Hall–Kier alpha value is -1.94. The minimum Gasteiger partial charge on any atom is -0.463 e. The van der Waals surface area contributed by atoms with Gasteiger partial charge in [0.1, 0.15) is 17.2 Å². The monoisotopic (exact) mass is 233 g/mol. The van der Waals surface area contributed by atoms with Gasteiger partial charge in [0.2, 0.25) is 0 Å². The van der Waals surface area contributed by atoms with Crippen LogP contribution in [0.2, 0.25) is 5.02 Å². The lowest BCUT2D eigenvalue weighted by molar-refractivity contribution is 0.581. The van der Waals surface area contributed by atoms with E-state index >= 15 is 0 Å². The van der Waals surface area contributed by atoms with Crippen LogP contribution in [0.5, 0.6) is 0 Å². The summed E-state index contributed by atoms with van der Waals surface area (Å²) in [5.41, 5.74) is 7.31. The number of rotatable bonds is 1. The van der Waals surface area contributed by atoms with Gasteiger partial charge in [-0.15, -0.1) is 0 Å². The molecule has 0 bridgehead atoms. The van der Waals surface area contributed by atoms with E-state index in [1.165, 1.54) is 0 Å². The molecule has 4 nitrogen and oxygen atoms in total. The molecule has 0 aromatic carbocycles. The summed E-state index contributed by atoms with van der Waals surface area (Å²) in [6.07, 6.45) is 3.37. The van der Waals surface area contributed by atoms with E-state index in [-0.39, 0.29) is 0 Å². The fourth-order valence-corrected chi connectivity index (χ4v) is 1.79. The zero-order valence-corrected chi connectivity index (χ0v) is 8.98. The number of furan rings is 1. The first-order valence-corrected chi connectivity index (χ1v) is 5.10. The minimum atomic E-state index is 0.543. The number of halogens is 1. The number of nitrogen functional groups attached to an aromatic ring is 1. The molecule has 0 atom stereocenters. The molecule has 3 aromatic rings. The molecule has 3 aromatic heterocycles. The highest BCUT2D eigenvalue weighted by Crippen LogP contribution is 2.27. The Balaban J connectivity index is 2.31. The van der Waals surface area contributed by atoms with Gasteiger partial charge in [-0.1, -0.05) is 11.6 Å². The van der Waals surface area contributed by atoms with E-state index < -0.39 is 0 Å². The van der Waals surface area contributed by atoms with Gasteiger partial charge in [-0.3, -0.25) is 4.40 Å². The molecule has 0 amide bonds. The van der Waals surface area contributed by atoms with E-state index in [9.17, 15) is 0 Å². The quantitative estimate of drug-likeness (QED) is 0.703. The van der Waals surface area contributed by atoms with Gasteiger partial charge in [0.05, 0.1) is 6.26 Å². The second-order valence-electron chi connectivity index (χ2n) is 3.40. The molecule has 0 aliphatic heterocycles. The van der Waals surface area contributed by atoms with Crippen molar-refractivity contribution < 1.29 is 4.42 Å². The Morgan fingerprint density at radius 2 is 2.25 bits per heavy atom. The van der Waals surface area contributed by atoms with Gasteiger partial charge in [-0.2, -0.15) is 0 Å². The maximum Gasteiger partial charge on any atom is 0.156 e. The summed E-state index contributed by atoms with van der Waals surface area (Å²) in [5.74, 6) is 1.19. The lowest BCUT2D eigenvalue weighted by Gasteiger charge is -1.96. The third-order valence-corrected chi connectivity index (χ3v) is 2.61. The number of anilines is 1. The lowest BCUT2D eigenvalue weighted by atomic mass is 10.3. The van der Waals surface area contributed by atoms with Crippen molar-refractivity contribution in [1.29, 1.82) is 0 Å². The van der Waals surface area contributed by atoms with Gasteiger partial charge in [-0.05, 0) is 18.2 Å². The first-order chi connectivity index (χ1) is 7.75. The molecule has 80 valence electrons. The van der Waals surface area contributed by atoms with Gasteiger partial charge in [-0.25, -0.2) is 4.98 Å². The van der Waals surface area contributed by atoms with Crippen molar-refractivity contribution in [3.05, 3.63) is 41.7 Å². The van der Waals surface area contributed by atoms with Crippen LogP contribution in [0.1, 0.15) is 0 Å². The third kappa shape index (κ3) is 1.27. The minimum absolute atomic E-state index is 0.543. The third-order valence-electron chi connectivity index (χ3n) is 2.38. The average Bonchev–Trinajstić information content (AvgIpc) is 2.86. The van der Waals surface area contributed by atoms with Crippen molar-refractivity contribution in [2.24, 2.45) is 0 Å². The van der Waals surface area contributed by atoms with Crippen LogP contribution in [0, 0.1) is 0 Å². The maximum atomic E-state index is 5.98. The normalized spacial score (nSPS) is 11.1. The SMILES string of the molecule is Nc1c(-c2ccco2)nc2cc(Cl)ccn12. The van der Waals surface area contributed by atoms with Crippen LogP contribution in [0.25, 0.3) is 17.1 Å². The van der Waals surface area contributed by atoms with E-state index in [4.69, 9.17) is 21.8 Å². The first kappa shape index (κ1) is 9.30. The summed E-state index contributed by atoms with van der Waals surface area (Å²) < 4.78 is 7.04. The van der Waals surface area contributed by atoms with Crippen molar-refractivity contribution >= 4 is 23.1 Å². The van der Waals surface area contributed by atoms with Crippen LogP contribution in [0.4, 0.5) is 5.82 Å². The molecule has 0 aliphatic rings. The van der Waals surface area contributed by atoms with Crippen molar-refractivity contribution in [2.75, 3.05) is 5.73 Å². The predicted molar refractivity (Wildman–Crippen MR) is 62.3 cm³/mol. The Morgan fingerprint density at radius 1 is 1.38 bits per heavy atom. The molecule has 0 unspecified atom stereocenters. The topological polar surface area (TPSA) is 56.5 Å². The Kier molecular flexibility index (Phi) is 1.91. The highest BCUT2D eigenvalue weighted by Gasteiger charge is 2.13. The summed E-state index contributed by atoms with van der Waals surface area (Å²) in [4.78, 5) is 4.38. The molecule has 5 heteroatoms. The van der Waals surface area contributed by atoms with Crippen LogP contribution in [-0.4, -0.2) is 9.38 Å². The Bertz CT molecular complexity index is 643. The molecule has 3 heterocycles. The standard InChI is InChI=1S/C11H8ClN3O/c12-7-3-4-15-9(6-7)14-10(11(15)13)8-2-1-5-16-8/h1-6H,13H2. The smallest absolute Gasteiger partial charge is 0.156 e. The number of hydrogen-bond acceptors (Lipinski definition) is 3. The van der Waals surface area contributed by atoms with Crippen molar-refractivity contribution in [3.63, 3.8) is 0 Å². The van der Waals surface area contributed by atoms with Crippen LogP contribution < -0.4 is 5.73 Å². The molecule has 2 N–H and O–H groups in total. The molecule has 0 fully saturated rings. The molecule has 0 saturated heterocycles. The number of pyridine rings is 1. The molecule has 0 saturated carbocycles. The number of nitrogens with zero attached hydrogens (tertiary/aromatic N) is 2. The molecule has 0 aliphatic carbocycles. The van der Waals surface area contributed by atoms with Gasteiger partial charge in [0.15, 0.2) is 5.76 Å². The van der Waals surface area contributed by atoms with Crippen molar-refractivity contribution in [2.45, 2.75) is 0 Å². The van der Waals surface area contributed by atoms with E-state index in [1.807, 2.05) is 6.07 Å². The Labute approximate surface area is 96.3 Å². The molecule has 16 heavy (non-hydrogen) atoms. The fourth-order valence-electron chi connectivity index (χ4n) is 1.63. The summed E-state index contributed by atoms with van der Waals surface area (Å²) in [5, 5.41) is 0.628. The average molecular weight is 234 g/mol. The van der Waals surface area contributed by atoms with Crippen LogP contribution in [0.15, 0.2) is 41.1 Å². The summed E-state index contributed by atoms with van der Waals surface area (Å²) >= 11 is 5.89. The first-order valence-electron chi connectivity index (χ1n) is 4.72. The Morgan fingerprint density at radius 3 is 3.00 bits per heavy atom. The van der Waals surface area contributed by atoms with Crippen molar-refractivity contribution in [1.82, 2.24) is 9.38 Å². The number of hydrogen-bond donors (Lipinski definition) is 1. The summed E-state index contributed by atoms with van der Waals surface area (Å²) in [6.45, 7) is 0. The van der Waals surface area contributed by atoms with E-state index in [0.717, 1.165) is 0 Å². The summed E-state index contributed by atoms with van der Waals surface area (Å²) in [7, 11) is 0. The molecular weight excluding hydrogens is 226 g/mol. The summed E-state index contributed by atoms with van der Waals surface area (Å²) in [6, 6.07) is 7.13. The second kappa shape index (κ2) is 3.28. The van der Waals surface area contributed by atoms with Crippen LogP contribution in [0.3, 0.4) is 0 Å². The maximum absolute atomic E-state index is 5.98. The zero-order chi connectivity index (χ0) is 11.1. The van der Waals surface area contributed by atoms with Crippen LogP contribution >= 0.6 is 11.6 Å². The van der Waals surface area contributed by atoms with Gasteiger partial charge >= 0.3 is 0 Å². The van der Waals surface area contributed by atoms with Gasteiger partial charge in [0.25, 0.3) is 0 Å². The van der Waals surface area contributed by atoms with Gasteiger partial charge < -0.3 is 10.2 Å². The van der Waals surface area contributed by atoms with E-state index in [0.29, 0.717) is 27.9 Å². The molecule has 3 rings (SSSR count). The molecule has 0 radical (unpaired) electrons. The number of fused-ring (bicyclic) bond motifs is 1. The number of nitrogens with two attached hydrogens (primary N) is 1. The molecular formula is C11H8ClN3O. The highest BCUT2D eigenvalue weighted by molar-refractivity contribution is 6.30. The highest BCUT2D eigenvalue weighted by atomic mass is 35.5. The number of imidazole rings is 1. The van der Waals surface area contributed by atoms with Crippen LogP contribution in [-0.2, 0) is 0 Å². The van der Waals surface area contributed by atoms with E-state index in [2.05, 4.69) is 4.98 Å². The van der Waals surface area contributed by atoms with Crippen molar-refractivity contribution in [3.8, 4) is 11.5 Å². The fraction of sp³-hybridized carbons (Fsp3) is 0. The second-order valence-corrected chi connectivity index (χ2v) is 3.83. The number of aromatic nitrogens is 2. The lowest BCUT2D eigenvalue weighted by Crippen LogP contribution is -1.93. The zero-order valence-electron chi connectivity index (χ0n) is 8.22. The predicted octanol–water partition coefficient (Wildman–Crippen LogP) is 2.83. The molecule has 0 spiro atoms.